The Morgan fingerprint density at radius 3 is 2.09 bits per heavy atom. The molecule has 0 unspecified atom stereocenters. The van der Waals surface area contributed by atoms with Gasteiger partial charge in [0.25, 0.3) is 11.8 Å². The predicted molar refractivity (Wildman–Crippen MR) is 118 cm³/mol. The smallest absolute Gasteiger partial charge is 0.343 e. The molecule has 0 fully saturated rings. The van der Waals surface area contributed by atoms with E-state index in [1.807, 2.05) is 0 Å². The van der Waals surface area contributed by atoms with Gasteiger partial charge in [0.2, 0.25) is 0 Å². The molecule has 32 heavy (non-hydrogen) atoms. The lowest BCUT2D eigenvalue weighted by atomic mass is 10.2. The zero-order valence-corrected chi connectivity index (χ0v) is 17.7. The van der Waals surface area contributed by atoms with Crippen LogP contribution in [-0.2, 0) is 9.59 Å². The maximum Gasteiger partial charge on any atom is 0.343 e. The van der Waals surface area contributed by atoms with E-state index in [1.54, 1.807) is 12.1 Å². The SMILES string of the molecule is O=C(Oc1ccc(F)cc1)c1ccc(NC2=C(Cl)C(=O)N(c3ccc(Cl)cc3)C2=O)cc1. The second-order valence-corrected chi connectivity index (χ2v) is 7.47. The molecule has 0 aromatic heterocycles. The van der Waals surface area contributed by atoms with Gasteiger partial charge >= 0.3 is 5.97 Å². The Balaban J connectivity index is 1.47. The van der Waals surface area contributed by atoms with Gasteiger partial charge in [-0.25, -0.2) is 14.1 Å². The number of ether oxygens (including phenoxy) is 1. The number of anilines is 2. The average molecular weight is 471 g/mol. The molecule has 0 bridgehead atoms. The number of carbonyl (C=O) groups is 3. The highest BCUT2D eigenvalue weighted by molar-refractivity contribution is 6.53. The predicted octanol–water partition coefficient (Wildman–Crippen LogP) is 5.13. The Morgan fingerprint density at radius 2 is 1.47 bits per heavy atom. The van der Waals surface area contributed by atoms with Gasteiger partial charge in [0.15, 0.2) is 0 Å². The highest BCUT2D eigenvalue weighted by Gasteiger charge is 2.38. The Hall–Kier alpha value is -3.68. The number of rotatable bonds is 5. The fourth-order valence-corrected chi connectivity index (χ4v) is 3.28. The molecule has 3 aromatic rings. The van der Waals surface area contributed by atoms with Gasteiger partial charge in [0, 0.05) is 10.7 Å². The summed E-state index contributed by atoms with van der Waals surface area (Å²) < 4.78 is 18.1. The van der Waals surface area contributed by atoms with Crippen molar-refractivity contribution in [1.82, 2.24) is 0 Å². The van der Waals surface area contributed by atoms with Crippen LogP contribution in [0.1, 0.15) is 10.4 Å². The Morgan fingerprint density at radius 1 is 0.844 bits per heavy atom. The minimum Gasteiger partial charge on any atom is -0.423 e. The number of imide groups is 1. The van der Waals surface area contributed by atoms with E-state index in [4.69, 9.17) is 27.9 Å². The number of carbonyl (C=O) groups excluding carboxylic acids is 3. The van der Waals surface area contributed by atoms with Gasteiger partial charge in [-0.05, 0) is 72.8 Å². The molecule has 4 rings (SSSR count). The van der Waals surface area contributed by atoms with Gasteiger partial charge in [-0.3, -0.25) is 9.59 Å². The molecular weight excluding hydrogens is 458 g/mol. The normalized spacial score (nSPS) is 13.5. The molecule has 6 nitrogen and oxygen atoms in total. The van der Waals surface area contributed by atoms with Crippen molar-refractivity contribution in [1.29, 1.82) is 0 Å². The lowest BCUT2D eigenvalue weighted by Gasteiger charge is -2.15. The standard InChI is InChI=1S/C23H13Cl2FN2O4/c24-14-3-9-17(10-4-14)28-21(29)19(25)20(22(28)30)27-16-7-1-13(2-8-16)23(31)32-18-11-5-15(26)6-12-18/h1-12,27H. The molecule has 0 radical (unpaired) electrons. The molecule has 1 aliphatic rings. The summed E-state index contributed by atoms with van der Waals surface area (Å²) in [5.74, 6) is -2.17. The van der Waals surface area contributed by atoms with Crippen LogP contribution in [-0.4, -0.2) is 17.8 Å². The van der Waals surface area contributed by atoms with Crippen molar-refractivity contribution in [3.63, 3.8) is 0 Å². The van der Waals surface area contributed by atoms with Crippen molar-refractivity contribution < 1.29 is 23.5 Å². The highest BCUT2D eigenvalue weighted by atomic mass is 35.5. The van der Waals surface area contributed by atoms with Crippen LogP contribution in [0.2, 0.25) is 5.02 Å². The molecule has 3 aromatic carbocycles. The molecule has 9 heteroatoms. The van der Waals surface area contributed by atoms with Crippen LogP contribution in [0.4, 0.5) is 15.8 Å². The summed E-state index contributed by atoms with van der Waals surface area (Å²) in [5.41, 5.74) is 0.902. The van der Waals surface area contributed by atoms with Crippen molar-refractivity contribution in [2.45, 2.75) is 0 Å². The van der Waals surface area contributed by atoms with E-state index in [-0.39, 0.29) is 22.0 Å². The molecule has 2 amide bonds. The monoisotopic (exact) mass is 470 g/mol. The molecule has 1 heterocycles. The van der Waals surface area contributed by atoms with E-state index in [0.717, 1.165) is 4.90 Å². The van der Waals surface area contributed by atoms with E-state index in [0.29, 0.717) is 16.4 Å². The minimum atomic E-state index is -0.666. The van der Waals surface area contributed by atoms with Crippen LogP contribution >= 0.6 is 23.2 Å². The largest absolute Gasteiger partial charge is 0.423 e. The molecule has 1 aliphatic heterocycles. The van der Waals surface area contributed by atoms with Crippen LogP contribution in [0, 0.1) is 5.82 Å². The molecule has 0 saturated carbocycles. The van der Waals surface area contributed by atoms with Gasteiger partial charge in [0.1, 0.15) is 22.3 Å². The molecule has 0 aliphatic carbocycles. The lowest BCUT2D eigenvalue weighted by Crippen LogP contribution is -2.32. The third-order valence-corrected chi connectivity index (χ3v) is 5.13. The summed E-state index contributed by atoms with van der Waals surface area (Å²) >= 11 is 12.0. The van der Waals surface area contributed by atoms with Gasteiger partial charge in [-0.15, -0.1) is 0 Å². The number of nitrogens with zero attached hydrogens (tertiary/aromatic N) is 1. The molecule has 1 N–H and O–H groups in total. The van der Waals surface area contributed by atoms with E-state index in [9.17, 15) is 18.8 Å². The zero-order valence-electron chi connectivity index (χ0n) is 16.1. The Bertz CT molecular complexity index is 1240. The zero-order chi connectivity index (χ0) is 22.8. The van der Waals surface area contributed by atoms with Gasteiger partial charge in [0.05, 0.1) is 11.3 Å². The summed E-state index contributed by atoms with van der Waals surface area (Å²) in [6.07, 6.45) is 0. The van der Waals surface area contributed by atoms with Gasteiger partial charge in [-0.2, -0.15) is 0 Å². The molecule has 0 saturated heterocycles. The van der Waals surface area contributed by atoms with Crippen LogP contribution < -0.4 is 15.0 Å². The summed E-state index contributed by atoms with van der Waals surface area (Å²) in [6, 6.07) is 17.2. The van der Waals surface area contributed by atoms with Gasteiger partial charge in [-0.1, -0.05) is 23.2 Å². The van der Waals surface area contributed by atoms with Crippen LogP contribution in [0.25, 0.3) is 0 Å². The van der Waals surface area contributed by atoms with E-state index in [2.05, 4.69) is 5.32 Å². The van der Waals surface area contributed by atoms with Crippen LogP contribution in [0.15, 0.2) is 83.5 Å². The van der Waals surface area contributed by atoms with E-state index >= 15 is 0 Å². The summed E-state index contributed by atoms with van der Waals surface area (Å²) in [6.45, 7) is 0. The van der Waals surface area contributed by atoms with Crippen molar-refractivity contribution in [3.05, 3.63) is 99.9 Å². The third-order valence-electron chi connectivity index (χ3n) is 4.53. The quantitative estimate of drug-likeness (QED) is 0.317. The summed E-state index contributed by atoms with van der Waals surface area (Å²) in [5, 5.41) is 3.02. The lowest BCUT2D eigenvalue weighted by molar-refractivity contribution is -0.120. The topological polar surface area (TPSA) is 75.7 Å². The van der Waals surface area contributed by atoms with Crippen LogP contribution in [0.3, 0.4) is 0 Å². The number of hydrogen-bond acceptors (Lipinski definition) is 5. The fraction of sp³-hybridized carbons (Fsp3) is 0. The second-order valence-electron chi connectivity index (χ2n) is 6.66. The first-order valence-electron chi connectivity index (χ1n) is 9.22. The van der Waals surface area contributed by atoms with Crippen molar-refractivity contribution in [2.24, 2.45) is 0 Å². The minimum absolute atomic E-state index is 0.0896. The molecular formula is C23H13Cl2FN2O4. The fourth-order valence-electron chi connectivity index (χ4n) is 2.94. The molecule has 0 atom stereocenters. The Kier molecular flexibility index (Phi) is 5.94. The van der Waals surface area contributed by atoms with E-state index in [1.165, 1.54) is 60.7 Å². The Labute approximate surface area is 191 Å². The molecule has 160 valence electrons. The van der Waals surface area contributed by atoms with Crippen LogP contribution in [0.5, 0.6) is 5.75 Å². The summed E-state index contributed by atoms with van der Waals surface area (Å²) in [4.78, 5) is 38.5. The van der Waals surface area contributed by atoms with Crippen molar-refractivity contribution in [3.8, 4) is 5.75 Å². The second kappa shape index (κ2) is 8.82. The highest BCUT2D eigenvalue weighted by Crippen LogP contribution is 2.30. The first-order valence-corrected chi connectivity index (χ1v) is 9.98. The van der Waals surface area contributed by atoms with Gasteiger partial charge < -0.3 is 10.1 Å². The van der Waals surface area contributed by atoms with Crippen molar-refractivity contribution in [2.75, 3.05) is 10.2 Å². The maximum absolute atomic E-state index is 13.0. The third kappa shape index (κ3) is 4.34. The first kappa shape index (κ1) is 21.5. The average Bonchev–Trinajstić information content (AvgIpc) is 3.00. The number of benzene rings is 3. The number of esters is 1. The summed E-state index contributed by atoms with van der Waals surface area (Å²) in [7, 11) is 0. The molecule has 0 spiro atoms. The number of nitrogens with one attached hydrogen (secondary N) is 1. The number of hydrogen-bond donors (Lipinski definition) is 1. The number of amides is 2. The first-order chi connectivity index (χ1) is 15.3. The van der Waals surface area contributed by atoms with Crippen molar-refractivity contribution >= 4 is 52.4 Å². The maximum atomic E-state index is 13.0. The van der Waals surface area contributed by atoms with E-state index < -0.39 is 23.6 Å². The number of halogens is 3.